The molecule has 0 aliphatic carbocycles. The summed E-state index contributed by atoms with van der Waals surface area (Å²) >= 11 is 0. The van der Waals surface area contributed by atoms with Crippen LogP contribution in [-0.2, 0) is 14.8 Å². The number of rotatable bonds is 11. The monoisotopic (exact) mass is 633 g/mol. The smallest absolute Gasteiger partial charge is 0.264 e. The van der Waals surface area contributed by atoms with Crippen LogP contribution in [0.5, 0.6) is 5.88 Å². The molecule has 0 radical (unpaired) electrons. The molecule has 10 nitrogen and oxygen atoms in total. The van der Waals surface area contributed by atoms with Gasteiger partial charge in [-0.1, -0.05) is 18.2 Å². The summed E-state index contributed by atoms with van der Waals surface area (Å²) in [6.07, 6.45) is 2.21. The van der Waals surface area contributed by atoms with Crippen molar-refractivity contribution in [3.05, 3.63) is 96.2 Å². The van der Waals surface area contributed by atoms with Crippen LogP contribution in [0.2, 0.25) is 0 Å². The normalized spacial score (nSPS) is 11.4. The van der Waals surface area contributed by atoms with E-state index >= 15 is 0 Å². The first kappa shape index (κ1) is 31.3. The third kappa shape index (κ3) is 7.00. The third-order valence-corrected chi connectivity index (χ3v) is 8.32. The number of nitrogen functional groups attached to an aromatic ring is 1. The number of halogens is 2. The number of nitrogens with one attached hydrogen (secondary N) is 2. The Morgan fingerprint density at radius 2 is 1.69 bits per heavy atom. The first-order valence-electron chi connectivity index (χ1n) is 13.7. The van der Waals surface area contributed by atoms with Gasteiger partial charge in [-0.05, 0) is 66.1 Å². The minimum absolute atomic E-state index is 0.0437. The maximum absolute atomic E-state index is 14.3. The van der Waals surface area contributed by atoms with Crippen LogP contribution in [0, 0.1) is 11.6 Å². The van der Waals surface area contributed by atoms with Crippen molar-refractivity contribution in [3.8, 4) is 28.1 Å². The van der Waals surface area contributed by atoms with Crippen LogP contribution in [0.3, 0.4) is 0 Å². The van der Waals surface area contributed by atoms with Gasteiger partial charge in [0.05, 0.1) is 12.6 Å². The summed E-state index contributed by atoms with van der Waals surface area (Å²) in [5.74, 6) is -2.07. The molecule has 0 spiro atoms. The highest BCUT2D eigenvalue weighted by Gasteiger charge is 2.22. The van der Waals surface area contributed by atoms with Crippen molar-refractivity contribution in [2.45, 2.75) is 11.3 Å². The summed E-state index contributed by atoms with van der Waals surface area (Å²) in [7, 11) is -1.53. The van der Waals surface area contributed by atoms with E-state index in [-0.39, 0.29) is 17.5 Å². The zero-order valence-electron chi connectivity index (χ0n) is 24.3. The van der Waals surface area contributed by atoms with E-state index in [0.29, 0.717) is 59.2 Å². The highest BCUT2D eigenvalue weighted by molar-refractivity contribution is 7.92. The number of pyridine rings is 2. The lowest BCUT2D eigenvalue weighted by Gasteiger charge is -2.14. The molecule has 0 saturated heterocycles. The zero-order valence-corrected chi connectivity index (χ0v) is 25.1. The van der Waals surface area contributed by atoms with Crippen molar-refractivity contribution in [1.29, 1.82) is 0 Å². The van der Waals surface area contributed by atoms with Crippen LogP contribution >= 0.6 is 0 Å². The summed E-state index contributed by atoms with van der Waals surface area (Å²) in [5, 5.41) is 3.59. The van der Waals surface area contributed by atoms with Crippen molar-refractivity contribution >= 4 is 38.3 Å². The molecule has 0 atom stereocenters. The molecule has 0 fully saturated rings. The van der Waals surface area contributed by atoms with E-state index in [0.717, 1.165) is 23.1 Å². The minimum Gasteiger partial charge on any atom is -0.480 e. The number of anilines is 2. The number of carbonyl (C=O) groups is 1. The fraction of sp³-hybridized carbons (Fsp3) is 0.156. The molecule has 0 bridgehead atoms. The van der Waals surface area contributed by atoms with E-state index in [2.05, 4.69) is 20.0 Å². The van der Waals surface area contributed by atoms with E-state index in [1.807, 2.05) is 12.1 Å². The van der Waals surface area contributed by atoms with Gasteiger partial charge >= 0.3 is 0 Å². The molecule has 5 aromatic rings. The van der Waals surface area contributed by atoms with Gasteiger partial charge in [-0.25, -0.2) is 27.2 Å². The predicted octanol–water partition coefficient (Wildman–Crippen LogP) is 5.40. The van der Waals surface area contributed by atoms with Gasteiger partial charge in [0.25, 0.3) is 15.9 Å². The van der Waals surface area contributed by atoms with Gasteiger partial charge in [0.15, 0.2) is 0 Å². The van der Waals surface area contributed by atoms with Crippen LogP contribution in [0.4, 0.5) is 20.3 Å². The number of sulfonamides is 1. The molecule has 0 saturated carbocycles. The highest BCUT2D eigenvalue weighted by atomic mass is 32.2. The average Bonchev–Trinajstić information content (AvgIpc) is 3.02. The summed E-state index contributed by atoms with van der Waals surface area (Å²) in [4.78, 5) is 20.5. The Bertz CT molecular complexity index is 1990. The van der Waals surface area contributed by atoms with Gasteiger partial charge in [0.2, 0.25) is 5.88 Å². The lowest BCUT2D eigenvalue weighted by molar-refractivity contribution is 0.0948. The molecule has 3 aromatic carbocycles. The van der Waals surface area contributed by atoms with E-state index in [4.69, 9.17) is 15.2 Å². The number of hydrogen-bond donors (Lipinski definition) is 3. The second kappa shape index (κ2) is 13.2. The molecule has 1 amide bonds. The van der Waals surface area contributed by atoms with Crippen molar-refractivity contribution < 1.29 is 31.5 Å². The standard InChI is InChI=1S/C32H29F2N5O5S/c1-43-13-3-12-36-31(40)20-6-4-19(5-7-20)25-15-22-14-21(8-10-27(22)38-30(25)35)23-16-28(32(44-2)37-18-23)39-45(41,42)29-11-9-24(33)17-26(29)34/h4-11,14-18,39H,3,12-13H2,1-2H3,(H2,35,38)(H,36,40). The van der Waals surface area contributed by atoms with Crippen molar-refractivity contribution in [2.75, 3.05) is 37.8 Å². The maximum Gasteiger partial charge on any atom is 0.264 e. The van der Waals surface area contributed by atoms with Crippen LogP contribution in [0.15, 0.2) is 83.9 Å². The SMILES string of the molecule is COCCCNC(=O)c1ccc(-c2cc3cc(-c4cnc(OC)c(NS(=O)(=O)c5ccc(F)cc5F)c4)ccc3nc2N)cc1. The van der Waals surface area contributed by atoms with Gasteiger partial charge in [-0.15, -0.1) is 0 Å². The van der Waals surface area contributed by atoms with Crippen molar-refractivity contribution in [2.24, 2.45) is 0 Å². The number of benzene rings is 3. The molecule has 232 valence electrons. The number of nitrogens with two attached hydrogens (primary N) is 1. The molecule has 45 heavy (non-hydrogen) atoms. The molecule has 13 heteroatoms. The highest BCUT2D eigenvalue weighted by Crippen LogP contribution is 2.34. The van der Waals surface area contributed by atoms with Gasteiger partial charge < -0.3 is 20.5 Å². The molecule has 5 rings (SSSR count). The predicted molar refractivity (Wildman–Crippen MR) is 167 cm³/mol. The summed E-state index contributed by atoms with van der Waals surface area (Å²) in [5.41, 5.74) is 10.0. The Labute approximate surface area is 258 Å². The van der Waals surface area contributed by atoms with E-state index in [9.17, 15) is 22.0 Å². The van der Waals surface area contributed by atoms with Crippen LogP contribution in [-0.4, -0.2) is 51.7 Å². The Kier molecular flexibility index (Phi) is 9.21. The molecule has 2 aromatic heterocycles. The number of carbonyl (C=O) groups excluding carboxylic acids is 1. The largest absolute Gasteiger partial charge is 0.480 e. The zero-order chi connectivity index (χ0) is 32.1. The van der Waals surface area contributed by atoms with Gasteiger partial charge in [0.1, 0.15) is 28.0 Å². The number of aromatic nitrogens is 2. The number of amides is 1. The fourth-order valence-electron chi connectivity index (χ4n) is 4.66. The summed E-state index contributed by atoms with van der Waals surface area (Å²) in [6.45, 7) is 1.06. The Hall–Kier alpha value is -5.14. The summed E-state index contributed by atoms with van der Waals surface area (Å²) < 4.78 is 66.1. The quantitative estimate of drug-likeness (QED) is 0.164. The molecule has 2 heterocycles. The minimum atomic E-state index is -4.45. The maximum atomic E-state index is 14.3. The van der Waals surface area contributed by atoms with Gasteiger partial charge in [-0.3, -0.25) is 9.52 Å². The lowest BCUT2D eigenvalue weighted by atomic mass is 10.00. The summed E-state index contributed by atoms with van der Waals surface area (Å²) in [6, 6.07) is 17.9. The van der Waals surface area contributed by atoms with E-state index < -0.39 is 26.6 Å². The third-order valence-electron chi connectivity index (χ3n) is 6.92. The topological polar surface area (TPSA) is 146 Å². The van der Waals surface area contributed by atoms with Crippen LogP contribution in [0.1, 0.15) is 16.8 Å². The second-order valence-corrected chi connectivity index (χ2v) is 11.6. The van der Waals surface area contributed by atoms with Gasteiger partial charge in [0, 0.05) is 54.6 Å². The van der Waals surface area contributed by atoms with Gasteiger partial charge in [-0.2, -0.15) is 0 Å². The first-order chi connectivity index (χ1) is 21.6. The van der Waals surface area contributed by atoms with Crippen LogP contribution in [0.25, 0.3) is 33.2 Å². The average molecular weight is 634 g/mol. The number of fused-ring (bicyclic) bond motifs is 1. The molecule has 0 aliphatic heterocycles. The Morgan fingerprint density at radius 1 is 0.933 bits per heavy atom. The van der Waals surface area contributed by atoms with Crippen LogP contribution < -0.4 is 20.5 Å². The van der Waals surface area contributed by atoms with E-state index in [1.165, 1.54) is 19.4 Å². The van der Waals surface area contributed by atoms with Crippen molar-refractivity contribution in [3.63, 3.8) is 0 Å². The Balaban J connectivity index is 1.44. The fourth-order valence-corrected chi connectivity index (χ4v) is 5.77. The Morgan fingerprint density at radius 3 is 2.40 bits per heavy atom. The molecule has 0 aliphatic rings. The molecular formula is C32H29F2N5O5S. The number of hydrogen-bond acceptors (Lipinski definition) is 8. The van der Waals surface area contributed by atoms with Crippen molar-refractivity contribution in [1.82, 2.24) is 15.3 Å². The first-order valence-corrected chi connectivity index (χ1v) is 15.2. The lowest BCUT2D eigenvalue weighted by Crippen LogP contribution is -2.25. The van der Waals surface area contributed by atoms with E-state index in [1.54, 1.807) is 43.5 Å². The number of ether oxygens (including phenoxy) is 2. The number of nitrogens with zero attached hydrogens (tertiary/aromatic N) is 2. The molecular weight excluding hydrogens is 604 g/mol. The molecule has 4 N–H and O–H groups in total. The molecule has 0 unspecified atom stereocenters. The number of methoxy groups -OCH3 is 2. The second-order valence-electron chi connectivity index (χ2n) is 9.97.